The van der Waals surface area contributed by atoms with Crippen molar-refractivity contribution >= 4 is 15.2 Å². The van der Waals surface area contributed by atoms with Gasteiger partial charge in [0.05, 0.1) is 5.69 Å². The molecule has 0 bridgehead atoms. The molecule has 1 fully saturated rings. The Morgan fingerprint density at radius 1 is 1.44 bits per heavy atom. The normalized spacial score (nSPS) is 18.8. The second-order valence-corrected chi connectivity index (χ2v) is 4.60. The van der Waals surface area contributed by atoms with E-state index in [0.29, 0.717) is 11.9 Å². The molecule has 2 heterocycles. The molecule has 1 atom stereocenters. The molecule has 0 aromatic carbocycles. The van der Waals surface area contributed by atoms with Crippen LogP contribution in [0.25, 0.3) is 0 Å². The molecule has 0 radical (unpaired) electrons. The second kappa shape index (κ2) is 5.58. The molecule has 16 heavy (non-hydrogen) atoms. The Balaban J connectivity index is 1.87. The maximum atomic E-state index is 5.66. The van der Waals surface area contributed by atoms with E-state index in [-0.39, 0.29) is 0 Å². The maximum absolute atomic E-state index is 5.66. The highest BCUT2D eigenvalue weighted by atomic mass is 31.0. The van der Waals surface area contributed by atoms with E-state index in [1.165, 1.54) is 12.8 Å². The van der Waals surface area contributed by atoms with Crippen molar-refractivity contribution in [2.45, 2.75) is 25.4 Å². The number of nitrogen functional groups attached to an aromatic ring is 1. The zero-order chi connectivity index (χ0) is 11.4. The molecular formula is C11H19N4P. The summed E-state index contributed by atoms with van der Waals surface area (Å²) in [5, 5.41) is 3.25. The number of nitrogens with two attached hydrogens (primary N) is 1. The average molecular weight is 238 g/mol. The molecule has 0 amide bonds. The Hall–Kier alpha value is -0.700. The molecule has 1 saturated heterocycles. The number of piperidine rings is 1. The lowest BCUT2D eigenvalue weighted by Gasteiger charge is -2.31. The minimum absolute atomic E-state index is 0.610. The van der Waals surface area contributed by atoms with E-state index in [2.05, 4.69) is 24.4 Å². The van der Waals surface area contributed by atoms with E-state index < -0.39 is 0 Å². The summed E-state index contributed by atoms with van der Waals surface area (Å²) in [6.45, 7) is 3.17. The van der Waals surface area contributed by atoms with E-state index in [4.69, 9.17) is 5.73 Å². The molecule has 0 spiro atoms. The highest BCUT2D eigenvalue weighted by Crippen LogP contribution is 2.14. The van der Waals surface area contributed by atoms with Gasteiger partial charge in [0.25, 0.3) is 0 Å². The van der Waals surface area contributed by atoms with Gasteiger partial charge >= 0.3 is 0 Å². The lowest BCUT2D eigenvalue weighted by atomic mass is 10.1. The van der Waals surface area contributed by atoms with Crippen molar-refractivity contribution in [3.63, 3.8) is 0 Å². The van der Waals surface area contributed by atoms with Crippen LogP contribution >= 0.6 is 9.39 Å². The Bertz CT molecular complexity index is 337. The Morgan fingerprint density at radius 2 is 2.19 bits per heavy atom. The van der Waals surface area contributed by atoms with Crippen LogP contribution < -0.4 is 10.8 Å². The molecule has 1 aromatic rings. The van der Waals surface area contributed by atoms with Crippen molar-refractivity contribution in [3.8, 4) is 0 Å². The molecule has 88 valence electrons. The zero-order valence-electron chi connectivity index (χ0n) is 9.39. The molecule has 5 heteroatoms. The number of rotatable bonds is 3. The lowest BCUT2D eigenvalue weighted by Crippen LogP contribution is -2.39. The number of nitrogens with zero attached hydrogens (tertiary/aromatic N) is 2. The van der Waals surface area contributed by atoms with Gasteiger partial charge in [-0.25, -0.2) is 4.98 Å². The Labute approximate surface area is 98.9 Å². The van der Waals surface area contributed by atoms with Crippen LogP contribution in [0.4, 0.5) is 5.82 Å². The van der Waals surface area contributed by atoms with Crippen LogP contribution in [0.5, 0.6) is 0 Å². The van der Waals surface area contributed by atoms with Gasteiger partial charge in [0.2, 0.25) is 0 Å². The number of hydrogen-bond acceptors (Lipinski definition) is 4. The topological polar surface area (TPSA) is 54.2 Å². The van der Waals surface area contributed by atoms with Crippen LogP contribution in [0.2, 0.25) is 0 Å². The van der Waals surface area contributed by atoms with Crippen LogP contribution in [0, 0.1) is 0 Å². The summed E-state index contributed by atoms with van der Waals surface area (Å²) in [4.78, 5) is 6.75. The zero-order valence-corrected chi connectivity index (χ0v) is 10.5. The predicted octanol–water partition coefficient (Wildman–Crippen LogP) is 1.01. The van der Waals surface area contributed by atoms with Crippen LogP contribution in [-0.4, -0.2) is 29.0 Å². The quantitative estimate of drug-likeness (QED) is 0.772. The van der Waals surface area contributed by atoms with Crippen molar-refractivity contribution in [1.82, 2.24) is 15.0 Å². The first-order chi connectivity index (χ1) is 7.78. The summed E-state index contributed by atoms with van der Waals surface area (Å²) in [7, 11) is 2.61. The third-order valence-electron chi connectivity index (χ3n) is 3.04. The van der Waals surface area contributed by atoms with Gasteiger partial charge in [-0.15, -0.1) is 0 Å². The highest BCUT2D eigenvalue weighted by Gasteiger charge is 2.17. The largest absolute Gasteiger partial charge is 0.384 e. The van der Waals surface area contributed by atoms with Crippen LogP contribution in [0.3, 0.4) is 0 Å². The second-order valence-electron chi connectivity index (χ2n) is 4.27. The van der Waals surface area contributed by atoms with E-state index in [1.807, 2.05) is 18.2 Å². The standard InChI is InChI=1S/C11H19N4P/c12-11-3-1-2-10(13-11)8-15-6-4-9(14-16)5-7-15/h1-3,9,14H,4-8,16H2,(H2,12,13). The number of likely N-dealkylation sites (tertiary alicyclic amines) is 1. The van der Waals surface area contributed by atoms with Gasteiger partial charge in [0, 0.05) is 25.7 Å². The van der Waals surface area contributed by atoms with Crippen molar-refractivity contribution in [2.75, 3.05) is 18.8 Å². The summed E-state index contributed by atoms with van der Waals surface area (Å²) >= 11 is 0. The Kier molecular flexibility index (Phi) is 4.10. The van der Waals surface area contributed by atoms with Gasteiger partial charge in [-0.3, -0.25) is 9.99 Å². The minimum atomic E-state index is 0.610. The lowest BCUT2D eigenvalue weighted by molar-refractivity contribution is 0.199. The van der Waals surface area contributed by atoms with Gasteiger partial charge in [-0.1, -0.05) is 15.5 Å². The Morgan fingerprint density at radius 3 is 2.81 bits per heavy atom. The monoisotopic (exact) mass is 238 g/mol. The third kappa shape index (κ3) is 3.14. The van der Waals surface area contributed by atoms with Gasteiger partial charge < -0.3 is 5.73 Å². The highest BCUT2D eigenvalue weighted by molar-refractivity contribution is 7.13. The summed E-state index contributed by atoms with van der Waals surface area (Å²) in [5.41, 5.74) is 6.73. The minimum Gasteiger partial charge on any atom is -0.384 e. The summed E-state index contributed by atoms with van der Waals surface area (Å²) in [6, 6.07) is 6.48. The molecule has 3 N–H and O–H groups in total. The summed E-state index contributed by atoms with van der Waals surface area (Å²) in [5.74, 6) is 0.610. The fourth-order valence-electron chi connectivity index (χ4n) is 2.07. The fraction of sp³-hybridized carbons (Fsp3) is 0.545. The average Bonchev–Trinajstić information content (AvgIpc) is 2.30. The van der Waals surface area contributed by atoms with Crippen molar-refractivity contribution in [3.05, 3.63) is 23.9 Å². The van der Waals surface area contributed by atoms with E-state index in [0.717, 1.165) is 25.3 Å². The van der Waals surface area contributed by atoms with Gasteiger partial charge in [0.1, 0.15) is 5.82 Å². The fourth-order valence-corrected chi connectivity index (χ4v) is 2.41. The molecule has 4 nitrogen and oxygen atoms in total. The van der Waals surface area contributed by atoms with Crippen molar-refractivity contribution in [1.29, 1.82) is 0 Å². The maximum Gasteiger partial charge on any atom is 0.123 e. The van der Waals surface area contributed by atoms with Crippen LogP contribution in [0.15, 0.2) is 18.2 Å². The molecular weight excluding hydrogens is 219 g/mol. The molecule has 0 saturated carbocycles. The number of anilines is 1. The van der Waals surface area contributed by atoms with Crippen molar-refractivity contribution in [2.24, 2.45) is 0 Å². The molecule has 1 aliphatic rings. The number of aromatic nitrogens is 1. The molecule has 0 aliphatic carbocycles. The number of hydrogen-bond donors (Lipinski definition) is 2. The summed E-state index contributed by atoms with van der Waals surface area (Å²) < 4.78 is 0. The summed E-state index contributed by atoms with van der Waals surface area (Å²) in [6.07, 6.45) is 2.40. The molecule has 1 unspecified atom stereocenters. The first-order valence-electron chi connectivity index (χ1n) is 5.68. The van der Waals surface area contributed by atoms with E-state index in [1.54, 1.807) is 0 Å². The first-order valence-corrected chi connectivity index (χ1v) is 6.25. The van der Waals surface area contributed by atoms with Crippen molar-refractivity contribution < 1.29 is 0 Å². The van der Waals surface area contributed by atoms with Crippen LogP contribution in [0.1, 0.15) is 18.5 Å². The smallest absolute Gasteiger partial charge is 0.123 e. The van der Waals surface area contributed by atoms with E-state index in [9.17, 15) is 0 Å². The van der Waals surface area contributed by atoms with Crippen LogP contribution in [-0.2, 0) is 6.54 Å². The van der Waals surface area contributed by atoms with Gasteiger partial charge in [0.15, 0.2) is 0 Å². The molecule has 1 aliphatic heterocycles. The third-order valence-corrected chi connectivity index (χ3v) is 3.51. The van der Waals surface area contributed by atoms with E-state index >= 15 is 0 Å². The predicted molar refractivity (Wildman–Crippen MR) is 69.8 cm³/mol. The van der Waals surface area contributed by atoms with Gasteiger partial charge in [-0.05, 0) is 25.0 Å². The molecule has 2 rings (SSSR count). The SMILES string of the molecule is Nc1cccc(CN2CCC(NP)CC2)n1. The number of nitrogens with one attached hydrogen (secondary N) is 1. The molecule has 1 aromatic heterocycles. The van der Waals surface area contributed by atoms with Gasteiger partial charge in [-0.2, -0.15) is 0 Å². The number of pyridine rings is 1. The first kappa shape index (κ1) is 11.8.